The normalized spacial score (nSPS) is 17.9. The van der Waals surface area contributed by atoms with Gasteiger partial charge in [0.15, 0.2) is 0 Å². The SMILES string of the molecule is CC(CNC(=O)N1CCN(S(=O)(=O)c2cccc3cccnc23)C(C(N)=O)C1)c1ccccc1. The Kier molecular flexibility index (Phi) is 6.80. The number of pyridine rings is 1. The summed E-state index contributed by atoms with van der Waals surface area (Å²) in [5.74, 6) is -0.718. The van der Waals surface area contributed by atoms with Gasteiger partial charge in [0, 0.05) is 37.8 Å². The van der Waals surface area contributed by atoms with E-state index in [1.807, 2.05) is 37.3 Å². The molecule has 0 spiro atoms. The number of hydrogen-bond donors (Lipinski definition) is 2. The minimum atomic E-state index is -4.08. The predicted octanol–water partition coefficient (Wildman–Crippen LogP) is 1.91. The molecule has 0 bridgehead atoms. The Balaban J connectivity index is 1.50. The summed E-state index contributed by atoms with van der Waals surface area (Å²) >= 11 is 0. The molecule has 3 N–H and O–H groups in total. The summed E-state index contributed by atoms with van der Waals surface area (Å²) in [6.07, 6.45) is 1.52. The highest BCUT2D eigenvalue weighted by Crippen LogP contribution is 2.27. The van der Waals surface area contributed by atoms with Crippen LogP contribution in [0.3, 0.4) is 0 Å². The van der Waals surface area contributed by atoms with E-state index >= 15 is 0 Å². The molecule has 0 aliphatic carbocycles. The molecule has 0 saturated carbocycles. The molecule has 1 aliphatic rings. The van der Waals surface area contributed by atoms with Crippen LogP contribution in [-0.2, 0) is 14.8 Å². The number of carbonyl (C=O) groups is 2. The van der Waals surface area contributed by atoms with Gasteiger partial charge in [0.25, 0.3) is 0 Å². The van der Waals surface area contributed by atoms with Crippen LogP contribution in [0.5, 0.6) is 0 Å². The van der Waals surface area contributed by atoms with Gasteiger partial charge in [0.1, 0.15) is 10.9 Å². The zero-order valence-electron chi connectivity index (χ0n) is 18.8. The Morgan fingerprint density at radius 3 is 2.56 bits per heavy atom. The van der Waals surface area contributed by atoms with Gasteiger partial charge < -0.3 is 16.0 Å². The maximum Gasteiger partial charge on any atom is 0.317 e. The van der Waals surface area contributed by atoms with Crippen LogP contribution in [0.4, 0.5) is 4.79 Å². The third-order valence-electron chi connectivity index (χ3n) is 6.06. The van der Waals surface area contributed by atoms with Gasteiger partial charge in [0.2, 0.25) is 15.9 Å². The summed E-state index contributed by atoms with van der Waals surface area (Å²) in [5, 5.41) is 3.55. The zero-order chi connectivity index (χ0) is 24.3. The van der Waals surface area contributed by atoms with Crippen LogP contribution in [0.1, 0.15) is 18.4 Å². The van der Waals surface area contributed by atoms with Crippen molar-refractivity contribution >= 4 is 32.9 Å². The number of hydrogen-bond acceptors (Lipinski definition) is 5. The van der Waals surface area contributed by atoms with Crippen LogP contribution in [0.15, 0.2) is 71.8 Å². The molecule has 3 aromatic rings. The van der Waals surface area contributed by atoms with E-state index in [0.717, 1.165) is 9.87 Å². The van der Waals surface area contributed by atoms with Crippen molar-refractivity contribution in [2.45, 2.75) is 23.8 Å². The topological polar surface area (TPSA) is 126 Å². The van der Waals surface area contributed by atoms with Crippen LogP contribution in [-0.4, -0.2) is 66.8 Å². The summed E-state index contributed by atoms with van der Waals surface area (Å²) in [4.78, 5) is 30.7. The Morgan fingerprint density at radius 1 is 1.09 bits per heavy atom. The summed E-state index contributed by atoms with van der Waals surface area (Å²) in [5.41, 5.74) is 7.00. The predicted molar refractivity (Wildman–Crippen MR) is 128 cm³/mol. The third-order valence-corrected chi connectivity index (χ3v) is 8.00. The second kappa shape index (κ2) is 9.78. The smallest absolute Gasteiger partial charge is 0.317 e. The maximum atomic E-state index is 13.5. The monoisotopic (exact) mass is 481 g/mol. The first-order chi connectivity index (χ1) is 16.3. The highest BCUT2D eigenvalue weighted by Gasteiger charge is 2.41. The largest absolute Gasteiger partial charge is 0.368 e. The fraction of sp³-hybridized carbons (Fsp3) is 0.292. The number of urea groups is 1. The van der Waals surface area contributed by atoms with Gasteiger partial charge in [-0.05, 0) is 23.6 Å². The average Bonchev–Trinajstić information content (AvgIpc) is 2.86. The molecule has 2 unspecified atom stereocenters. The van der Waals surface area contributed by atoms with Crippen molar-refractivity contribution < 1.29 is 18.0 Å². The van der Waals surface area contributed by atoms with E-state index in [4.69, 9.17) is 5.73 Å². The highest BCUT2D eigenvalue weighted by atomic mass is 32.2. The molecule has 1 aromatic heterocycles. The summed E-state index contributed by atoms with van der Waals surface area (Å²) in [6.45, 7) is 2.36. The Labute approximate surface area is 198 Å². The van der Waals surface area contributed by atoms with Crippen molar-refractivity contribution in [1.29, 1.82) is 0 Å². The van der Waals surface area contributed by atoms with Crippen LogP contribution in [0.25, 0.3) is 10.9 Å². The van der Waals surface area contributed by atoms with Gasteiger partial charge in [-0.3, -0.25) is 9.78 Å². The van der Waals surface area contributed by atoms with Gasteiger partial charge >= 0.3 is 6.03 Å². The Bertz CT molecular complexity index is 1290. The summed E-state index contributed by atoms with van der Waals surface area (Å²) in [6, 6.07) is 16.6. The standard InChI is InChI=1S/C24H27N5O4S/c1-17(18-7-3-2-4-8-18)15-27-24(31)28-13-14-29(20(16-28)23(25)30)34(32,33)21-11-5-9-19-10-6-12-26-22(19)21/h2-12,17,20H,13-16H2,1H3,(H2,25,30)(H,27,31). The van der Waals surface area contributed by atoms with Gasteiger partial charge in [-0.25, -0.2) is 13.2 Å². The number of fused-ring (bicyclic) bond motifs is 1. The van der Waals surface area contributed by atoms with E-state index in [1.54, 1.807) is 24.3 Å². The van der Waals surface area contributed by atoms with Gasteiger partial charge in [-0.1, -0.05) is 55.5 Å². The lowest BCUT2D eigenvalue weighted by Gasteiger charge is -2.39. The van der Waals surface area contributed by atoms with Crippen molar-refractivity contribution in [3.8, 4) is 0 Å². The molecule has 10 heteroatoms. The maximum absolute atomic E-state index is 13.5. The summed E-state index contributed by atoms with van der Waals surface area (Å²) < 4.78 is 28.1. The van der Waals surface area contributed by atoms with E-state index < -0.39 is 22.0 Å². The molecule has 1 aliphatic heterocycles. The lowest BCUT2D eigenvalue weighted by molar-refractivity contribution is -0.122. The minimum absolute atomic E-state index is 0.00596. The van der Waals surface area contributed by atoms with Crippen molar-refractivity contribution in [3.63, 3.8) is 0 Å². The van der Waals surface area contributed by atoms with Gasteiger partial charge in [-0.2, -0.15) is 4.31 Å². The molecule has 1 saturated heterocycles. The van der Waals surface area contributed by atoms with Crippen molar-refractivity contribution in [2.75, 3.05) is 26.2 Å². The van der Waals surface area contributed by atoms with Crippen LogP contribution >= 0.6 is 0 Å². The number of aromatic nitrogens is 1. The fourth-order valence-corrected chi connectivity index (χ4v) is 5.88. The van der Waals surface area contributed by atoms with Crippen molar-refractivity contribution in [3.05, 3.63) is 72.4 Å². The number of piperazine rings is 1. The minimum Gasteiger partial charge on any atom is -0.368 e. The molecule has 2 atom stereocenters. The number of primary amides is 1. The molecule has 4 rings (SSSR count). The average molecular weight is 482 g/mol. The Morgan fingerprint density at radius 2 is 1.82 bits per heavy atom. The summed E-state index contributed by atoms with van der Waals surface area (Å²) in [7, 11) is -4.08. The number of amides is 3. The number of nitrogens with two attached hydrogens (primary N) is 1. The molecule has 2 heterocycles. The first kappa shape index (κ1) is 23.7. The molecule has 0 radical (unpaired) electrons. The molecule has 2 aromatic carbocycles. The van der Waals surface area contributed by atoms with Crippen molar-refractivity contribution in [1.82, 2.24) is 19.5 Å². The number of nitrogens with zero attached hydrogens (tertiary/aromatic N) is 3. The first-order valence-corrected chi connectivity index (χ1v) is 12.5. The molecule has 9 nitrogen and oxygen atoms in total. The molecule has 34 heavy (non-hydrogen) atoms. The lowest BCUT2D eigenvalue weighted by Crippen LogP contribution is -2.62. The quantitative estimate of drug-likeness (QED) is 0.556. The molecular formula is C24H27N5O4S. The number of benzene rings is 2. The Hall–Kier alpha value is -3.50. The molecule has 178 valence electrons. The van der Waals surface area contributed by atoms with Gasteiger partial charge in [-0.15, -0.1) is 0 Å². The molecule has 3 amide bonds. The van der Waals surface area contributed by atoms with E-state index in [2.05, 4.69) is 10.3 Å². The molecule has 1 fully saturated rings. The van der Waals surface area contributed by atoms with Crippen molar-refractivity contribution in [2.24, 2.45) is 5.73 Å². The number of rotatable bonds is 6. The second-order valence-electron chi connectivity index (χ2n) is 8.31. The number of carbonyl (C=O) groups excluding carboxylic acids is 2. The third kappa shape index (κ3) is 4.73. The first-order valence-electron chi connectivity index (χ1n) is 11.0. The second-order valence-corrected chi connectivity index (χ2v) is 10.2. The van der Waals surface area contributed by atoms with Crippen LogP contribution in [0, 0.1) is 0 Å². The zero-order valence-corrected chi connectivity index (χ0v) is 19.6. The number of nitrogens with one attached hydrogen (secondary N) is 1. The lowest BCUT2D eigenvalue weighted by atomic mass is 10.0. The van der Waals surface area contributed by atoms with E-state index in [1.165, 1.54) is 17.2 Å². The van der Waals surface area contributed by atoms with Crippen LogP contribution in [0.2, 0.25) is 0 Å². The molecular weight excluding hydrogens is 454 g/mol. The number of para-hydroxylation sites is 1. The fourth-order valence-electron chi connectivity index (χ4n) is 4.13. The van der Waals surface area contributed by atoms with Crippen LogP contribution < -0.4 is 11.1 Å². The van der Waals surface area contributed by atoms with Gasteiger partial charge in [0.05, 0.1) is 5.52 Å². The van der Waals surface area contributed by atoms with E-state index in [-0.39, 0.29) is 36.5 Å². The number of sulfonamides is 1. The highest BCUT2D eigenvalue weighted by molar-refractivity contribution is 7.89. The van der Waals surface area contributed by atoms with E-state index in [9.17, 15) is 18.0 Å². The van der Waals surface area contributed by atoms with E-state index in [0.29, 0.717) is 17.4 Å².